The van der Waals surface area contributed by atoms with Crippen molar-refractivity contribution >= 4 is 38.6 Å². The molecule has 0 spiro atoms. The Morgan fingerprint density at radius 3 is 2.25 bits per heavy atom. The number of esters is 1. The third-order valence-corrected chi connectivity index (χ3v) is 6.13. The van der Waals surface area contributed by atoms with Crippen LogP contribution in [-0.4, -0.2) is 27.4 Å². The molecule has 1 aromatic heterocycles. The molecule has 1 heterocycles. The Balaban J connectivity index is 2.20. The fourth-order valence-corrected chi connectivity index (χ4v) is 4.42. The van der Waals surface area contributed by atoms with Crippen LogP contribution in [0, 0.1) is 13.8 Å². The first kappa shape index (κ1) is 19.6. The molecule has 0 aliphatic heterocycles. The monoisotopic (exact) mass is 401 g/mol. The lowest BCUT2D eigenvalue weighted by atomic mass is 10.1. The van der Waals surface area contributed by atoms with Crippen LogP contribution in [0.15, 0.2) is 51.8 Å². The Hall–Kier alpha value is -3.13. The van der Waals surface area contributed by atoms with Crippen LogP contribution < -0.4 is 4.31 Å². The van der Waals surface area contributed by atoms with Crippen LogP contribution in [-0.2, 0) is 19.6 Å². The van der Waals surface area contributed by atoms with E-state index in [-0.39, 0.29) is 16.1 Å². The molecule has 8 heteroatoms. The lowest BCUT2D eigenvalue weighted by Gasteiger charge is -2.21. The largest absolute Gasteiger partial charge is 0.465 e. The van der Waals surface area contributed by atoms with E-state index in [4.69, 9.17) is 9.15 Å². The molecule has 0 bridgehead atoms. The van der Waals surface area contributed by atoms with Gasteiger partial charge < -0.3 is 9.15 Å². The third-order valence-electron chi connectivity index (χ3n) is 4.32. The van der Waals surface area contributed by atoms with Gasteiger partial charge in [0.2, 0.25) is 5.91 Å². The second-order valence-corrected chi connectivity index (χ2v) is 8.09. The molecule has 2 aromatic carbocycles. The molecular weight excluding hydrogens is 382 g/mol. The van der Waals surface area contributed by atoms with Gasteiger partial charge in [-0.25, -0.2) is 17.5 Å². The molecule has 0 unspecified atom stereocenters. The number of hydrogen-bond donors (Lipinski definition) is 0. The number of amides is 1. The summed E-state index contributed by atoms with van der Waals surface area (Å²) in [6.07, 6.45) is 0. The van der Waals surface area contributed by atoms with Gasteiger partial charge in [-0.2, -0.15) is 0 Å². The van der Waals surface area contributed by atoms with Gasteiger partial charge in [0.15, 0.2) is 0 Å². The van der Waals surface area contributed by atoms with Crippen molar-refractivity contribution in [2.45, 2.75) is 25.7 Å². The summed E-state index contributed by atoms with van der Waals surface area (Å²) in [6.45, 7) is 4.61. The number of furan rings is 1. The number of carbonyl (C=O) groups is 2. The summed E-state index contributed by atoms with van der Waals surface area (Å²) in [5.41, 5.74) is 1.58. The molecule has 1 amide bonds. The van der Waals surface area contributed by atoms with E-state index in [2.05, 4.69) is 0 Å². The third kappa shape index (κ3) is 3.27. The summed E-state index contributed by atoms with van der Waals surface area (Å²) in [7, 11) is -2.89. The molecule has 0 N–H and O–H groups in total. The van der Waals surface area contributed by atoms with Crippen molar-refractivity contribution in [2.24, 2.45) is 0 Å². The Morgan fingerprint density at radius 2 is 1.68 bits per heavy atom. The van der Waals surface area contributed by atoms with Gasteiger partial charge in [-0.15, -0.1) is 0 Å². The second-order valence-electron chi connectivity index (χ2n) is 6.31. The van der Waals surface area contributed by atoms with Crippen LogP contribution >= 0.6 is 0 Å². The van der Waals surface area contributed by atoms with Gasteiger partial charge in [0.1, 0.15) is 16.9 Å². The first-order valence-corrected chi connectivity index (χ1v) is 9.85. The quantitative estimate of drug-likeness (QED) is 0.620. The molecule has 0 fully saturated rings. The summed E-state index contributed by atoms with van der Waals surface area (Å²) >= 11 is 0. The van der Waals surface area contributed by atoms with Crippen molar-refractivity contribution in [1.29, 1.82) is 0 Å². The number of rotatable bonds is 4. The minimum absolute atomic E-state index is 0.00929. The lowest BCUT2D eigenvalue weighted by molar-refractivity contribution is -0.115. The summed E-state index contributed by atoms with van der Waals surface area (Å²) in [4.78, 5) is 24.4. The molecule has 0 aliphatic rings. The van der Waals surface area contributed by atoms with Crippen LogP contribution in [0.1, 0.15) is 28.6 Å². The van der Waals surface area contributed by atoms with Crippen molar-refractivity contribution in [1.82, 2.24) is 0 Å². The van der Waals surface area contributed by atoms with E-state index < -0.39 is 21.9 Å². The summed E-state index contributed by atoms with van der Waals surface area (Å²) in [6, 6.07) is 10.6. The SMILES string of the molecule is COC(=O)c1c(C)oc2ccc(N(C(C)=O)S(=O)(=O)c3ccc(C)cc3)cc12. The fourth-order valence-electron chi connectivity index (χ4n) is 3.00. The van der Waals surface area contributed by atoms with Crippen molar-refractivity contribution in [2.75, 3.05) is 11.4 Å². The molecule has 0 atom stereocenters. The molecule has 0 saturated heterocycles. The molecule has 0 aliphatic carbocycles. The van der Waals surface area contributed by atoms with Crippen LogP contribution in [0.4, 0.5) is 5.69 Å². The van der Waals surface area contributed by atoms with E-state index >= 15 is 0 Å². The Bertz CT molecular complexity index is 1180. The zero-order chi connectivity index (χ0) is 20.6. The van der Waals surface area contributed by atoms with Gasteiger partial charge in [-0.3, -0.25) is 4.79 Å². The van der Waals surface area contributed by atoms with E-state index in [1.807, 2.05) is 6.92 Å². The number of methoxy groups -OCH3 is 1. The highest BCUT2D eigenvalue weighted by molar-refractivity contribution is 7.93. The minimum Gasteiger partial charge on any atom is -0.465 e. The standard InChI is InChI=1S/C20H19NO6S/c1-12-5-8-16(9-6-12)28(24,25)21(14(3)22)15-7-10-18-17(11-15)19(13(2)27-18)20(23)26-4/h5-11H,1-4H3. The van der Waals surface area contributed by atoms with Crippen LogP contribution in [0.25, 0.3) is 11.0 Å². The number of sulfonamides is 1. The fraction of sp³-hybridized carbons (Fsp3) is 0.200. The highest BCUT2D eigenvalue weighted by Crippen LogP contribution is 2.32. The molecule has 3 rings (SSSR count). The van der Waals surface area contributed by atoms with E-state index in [0.717, 1.165) is 12.5 Å². The minimum atomic E-state index is -4.13. The number of hydrogen-bond acceptors (Lipinski definition) is 6. The average Bonchev–Trinajstić information content (AvgIpc) is 2.96. The molecule has 28 heavy (non-hydrogen) atoms. The number of fused-ring (bicyclic) bond motifs is 1. The normalized spacial score (nSPS) is 11.4. The number of aryl methyl sites for hydroxylation is 2. The zero-order valence-corrected chi connectivity index (χ0v) is 16.7. The van der Waals surface area contributed by atoms with Crippen molar-refractivity contribution in [3.8, 4) is 0 Å². The second kappa shape index (κ2) is 7.12. The van der Waals surface area contributed by atoms with Crippen LogP contribution in [0.5, 0.6) is 0 Å². The molecule has 0 radical (unpaired) electrons. The molecule has 0 saturated carbocycles. The first-order chi connectivity index (χ1) is 13.2. The summed E-state index contributed by atoms with van der Waals surface area (Å²) in [5, 5.41) is 0.368. The number of carbonyl (C=O) groups excluding carboxylic acids is 2. The zero-order valence-electron chi connectivity index (χ0n) is 15.8. The highest BCUT2D eigenvalue weighted by atomic mass is 32.2. The topological polar surface area (TPSA) is 93.9 Å². The maximum absolute atomic E-state index is 13.1. The number of anilines is 1. The Morgan fingerprint density at radius 1 is 1.04 bits per heavy atom. The van der Waals surface area contributed by atoms with E-state index in [1.165, 1.54) is 37.4 Å². The maximum Gasteiger partial charge on any atom is 0.342 e. The van der Waals surface area contributed by atoms with Crippen LogP contribution in [0.3, 0.4) is 0 Å². The van der Waals surface area contributed by atoms with Gasteiger partial charge in [-0.1, -0.05) is 17.7 Å². The molecular formula is C20H19NO6S. The van der Waals surface area contributed by atoms with Gasteiger partial charge in [0.25, 0.3) is 10.0 Å². The predicted octanol–water partition coefficient (Wildman–Crippen LogP) is 3.58. The number of benzene rings is 2. The van der Waals surface area contributed by atoms with Crippen molar-refractivity contribution < 1.29 is 27.2 Å². The Kier molecular flexibility index (Phi) is 4.99. The molecule has 7 nitrogen and oxygen atoms in total. The number of ether oxygens (including phenoxy) is 1. The Labute approximate surface area is 162 Å². The highest BCUT2D eigenvalue weighted by Gasteiger charge is 2.30. The smallest absolute Gasteiger partial charge is 0.342 e. The molecule has 146 valence electrons. The first-order valence-electron chi connectivity index (χ1n) is 8.41. The number of nitrogens with zero attached hydrogens (tertiary/aromatic N) is 1. The van der Waals surface area contributed by atoms with Crippen molar-refractivity contribution in [3.63, 3.8) is 0 Å². The van der Waals surface area contributed by atoms with Gasteiger partial charge in [0.05, 0.1) is 17.7 Å². The van der Waals surface area contributed by atoms with E-state index in [1.54, 1.807) is 19.1 Å². The van der Waals surface area contributed by atoms with E-state index in [0.29, 0.717) is 21.0 Å². The van der Waals surface area contributed by atoms with Crippen LogP contribution in [0.2, 0.25) is 0 Å². The van der Waals surface area contributed by atoms with Gasteiger partial charge >= 0.3 is 5.97 Å². The maximum atomic E-state index is 13.1. The van der Waals surface area contributed by atoms with Crippen molar-refractivity contribution in [3.05, 3.63) is 59.4 Å². The molecule has 3 aromatic rings. The summed E-state index contributed by atoms with van der Waals surface area (Å²) in [5.74, 6) is -0.946. The summed E-state index contributed by atoms with van der Waals surface area (Å²) < 4.78 is 37.2. The van der Waals surface area contributed by atoms with Gasteiger partial charge in [0, 0.05) is 12.3 Å². The van der Waals surface area contributed by atoms with Gasteiger partial charge in [-0.05, 0) is 44.2 Å². The predicted molar refractivity (Wildman–Crippen MR) is 104 cm³/mol. The lowest BCUT2D eigenvalue weighted by Crippen LogP contribution is -2.35. The van der Waals surface area contributed by atoms with E-state index in [9.17, 15) is 18.0 Å². The average molecular weight is 401 g/mol.